The number of carbonyl (C=O) groups is 1. The van der Waals surface area contributed by atoms with Gasteiger partial charge >= 0.3 is 6.18 Å². The highest BCUT2D eigenvalue weighted by Crippen LogP contribution is 2.18. The van der Waals surface area contributed by atoms with Crippen LogP contribution in [-0.2, 0) is 17.8 Å². The van der Waals surface area contributed by atoms with Crippen molar-refractivity contribution in [3.8, 4) is 0 Å². The van der Waals surface area contributed by atoms with Gasteiger partial charge in [-0.25, -0.2) is 9.67 Å². The molecule has 0 fully saturated rings. The fourth-order valence-corrected chi connectivity index (χ4v) is 1.17. The van der Waals surface area contributed by atoms with Crippen LogP contribution < -0.4 is 0 Å². The summed E-state index contributed by atoms with van der Waals surface area (Å²) in [6.07, 6.45) is -4.41. The van der Waals surface area contributed by atoms with Gasteiger partial charge in [-0.05, 0) is 5.92 Å². The topological polar surface area (TPSA) is 47.8 Å². The molecule has 0 saturated carbocycles. The van der Waals surface area contributed by atoms with Crippen LogP contribution in [0.2, 0.25) is 0 Å². The highest BCUT2D eigenvalue weighted by molar-refractivity contribution is 5.85. The smallest absolute Gasteiger partial charge is 0.289 e. The molecule has 16 heavy (non-hydrogen) atoms. The van der Waals surface area contributed by atoms with E-state index in [2.05, 4.69) is 10.1 Å². The predicted octanol–water partition coefficient (Wildman–Crippen LogP) is 1.61. The third kappa shape index (κ3) is 3.32. The minimum Gasteiger partial charge on any atom is -0.289 e. The number of Topliss-reactive ketones (excluding diaryl/α,β-unsaturated/α-hetero) is 1. The van der Waals surface area contributed by atoms with Gasteiger partial charge in [0.2, 0.25) is 5.78 Å². The maximum absolute atomic E-state index is 12.0. The molecule has 1 aromatic heterocycles. The van der Waals surface area contributed by atoms with Crippen molar-refractivity contribution in [2.45, 2.75) is 33.0 Å². The van der Waals surface area contributed by atoms with Crippen LogP contribution in [0, 0.1) is 5.92 Å². The second-order valence-electron chi connectivity index (χ2n) is 3.85. The number of nitrogens with zero attached hydrogens (tertiary/aromatic N) is 3. The number of carbonyl (C=O) groups excluding carboxylic acids is 1. The first-order valence-electron chi connectivity index (χ1n) is 4.77. The second kappa shape index (κ2) is 4.63. The summed E-state index contributed by atoms with van der Waals surface area (Å²) in [7, 11) is 0. The first-order valence-corrected chi connectivity index (χ1v) is 4.77. The number of hydrogen-bond donors (Lipinski definition) is 0. The van der Waals surface area contributed by atoms with Gasteiger partial charge in [0.1, 0.15) is 12.2 Å². The van der Waals surface area contributed by atoms with Gasteiger partial charge in [0.05, 0.1) is 6.42 Å². The number of halogens is 3. The van der Waals surface area contributed by atoms with Gasteiger partial charge in [-0.2, -0.15) is 18.3 Å². The molecule has 0 aliphatic heterocycles. The van der Waals surface area contributed by atoms with Crippen molar-refractivity contribution in [2.24, 2.45) is 5.92 Å². The molecule has 1 aromatic rings. The zero-order valence-electron chi connectivity index (χ0n) is 8.95. The molecule has 0 N–H and O–H groups in total. The molecule has 0 saturated heterocycles. The molecule has 0 atom stereocenters. The monoisotopic (exact) mass is 235 g/mol. The van der Waals surface area contributed by atoms with Crippen molar-refractivity contribution in [1.82, 2.24) is 14.8 Å². The minimum atomic E-state index is -4.81. The van der Waals surface area contributed by atoms with E-state index in [-0.39, 0.29) is 11.7 Å². The van der Waals surface area contributed by atoms with E-state index in [1.165, 1.54) is 4.68 Å². The van der Waals surface area contributed by atoms with Gasteiger partial charge in [0, 0.05) is 6.54 Å². The number of hydrogen-bond acceptors (Lipinski definition) is 3. The minimum absolute atomic E-state index is 0.0519. The van der Waals surface area contributed by atoms with Crippen molar-refractivity contribution in [3.63, 3.8) is 0 Å². The van der Waals surface area contributed by atoms with Crippen molar-refractivity contribution in [1.29, 1.82) is 0 Å². The van der Waals surface area contributed by atoms with Gasteiger partial charge in [-0.15, -0.1) is 0 Å². The summed E-state index contributed by atoms with van der Waals surface area (Å²) in [5.41, 5.74) is 0. The van der Waals surface area contributed by atoms with Gasteiger partial charge in [-0.1, -0.05) is 13.8 Å². The Hall–Kier alpha value is -1.40. The summed E-state index contributed by atoms with van der Waals surface area (Å²) < 4.78 is 37.4. The Morgan fingerprint density at radius 3 is 2.62 bits per heavy atom. The van der Waals surface area contributed by atoms with Crippen LogP contribution in [0.15, 0.2) is 6.33 Å². The summed E-state index contributed by atoms with van der Waals surface area (Å²) in [4.78, 5) is 14.4. The standard InChI is InChI=1S/C9H12F3N3O/c1-6(2)4-15-8(13-5-14-15)3-7(16)9(10,11)12/h5-6H,3-4H2,1-2H3. The summed E-state index contributed by atoms with van der Waals surface area (Å²) in [5, 5.41) is 3.78. The fourth-order valence-electron chi connectivity index (χ4n) is 1.17. The Morgan fingerprint density at radius 2 is 2.12 bits per heavy atom. The lowest BCUT2D eigenvalue weighted by molar-refractivity contribution is -0.170. The van der Waals surface area contributed by atoms with E-state index in [0.717, 1.165) is 6.33 Å². The molecule has 0 bridgehead atoms. The van der Waals surface area contributed by atoms with E-state index in [9.17, 15) is 18.0 Å². The number of rotatable bonds is 4. The summed E-state index contributed by atoms with van der Waals surface area (Å²) in [6, 6.07) is 0. The van der Waals surface area contributed by atoms with Crippen molar-refractivity contribution < 1.29 is 18.0 Å². The van der Waals surface area contributed by atoms with Crippen molar-refractivity contribution in [2.75, 3.05) is 0 Å². The van der Waals surface area contributed by atoms with E-state index in [0.29, 0.717) is 6.54 Å². The van der Waals surface area contributed by atoms with Gasteiger partial charge in [-0.3, -0.25) is 4.79 Å². The van der Waals surface area contributed by atoms with Gasteiger partial charge in [0.25, 0.3) is 0 Å². The molecule has 0 amide bonds. The Kier molecular flexibility index (Phi) is 3.66. The molecular weight excluding hydrogens is 223 g/mol. The molecule has 1 rings (SSSR count). The normalized spacial score (nSPS) is 12.1. The van der Waals surface area contributed by atoms with Crippen LogP contribution >= 0.6 is 0 Å². The molecule has 0 aromatic carbocycles. The summed E-state index contributed by atoms with van der Waals surface area (Å²) in [6.45, 7) is 4.24. The lowest BCUT2D eigenvalue weighted by Gasteiger charge is -2.08. The molecule has 4 nitrogen and oxygen atoms in total. The van der Waals surface area contributed by atoms with Crippen LogP contribution in [0.5, 0.6) is 0 Å². The first kappa shape index (κ1) is 12.7. The SMILES string of the molecule is CC(C)Cn1ncnc1CC(=O)C(F)(F)F. The average Bonchev–Trinajstić information content (AvgIpc) is 2.50. The fraction of sp³-hybridized carbons (Fsp3) is 0.667. The van der Waals surface area contributed by atoms with E-state index in [4.69, 9.17) is 0 Å². The highest BCUT2D eigenvalue weighted by Gasteiger charge is 2.38. The van der Waals surface area contributed by atoms with Crippen molar-refractivity contribution >= 4 is 5.78 Å². The van der Waals surface area contributed by atoms with E-state index < -0.39 is 18.4 Å². The molecule has 0 spiro atoms. The first-order chi connectivity index (χ1) is 7.30. The lowest BCUT2D eigenvalue weighted by atomic mass is 10.2. The number of aromatic nitrogens is 3. The lowest BCUT2D eigenvalue weighted by Crippen LogP contribution is -2.26. The van der Waals surface area contributed by atoms with Crippen LogP contribution in [0.3, 0.4) is 0 Å². The van der Waals surface area contributed by atoms with E-state index in [1.807, 2.05) is 13.8 Å². The zero-order valence-corrected chi connectivity index (χ0v) is 8.95. The third-order valence-corrected chi connectivity index (χ3v) is 1.87. The quantitative estimate of drug-likeness (QED) is 0.796. The molecule has 1 heterocycles. The van der Waals surface area contributed by atoms with Gasteiger partial charge in [0.15, 0.2) is 0 Å². The number of alkyl halides is 3. The summed E-state index contributed by atoms with van der Waals surface area (Å²) >= 11 is 0. The number of ketones is 1. The van der Waals surface area contributed by atoms with Crippen LogP contribution in [0.1, 0.15) is 19.7 Å². The largest absolute Gasteiger partial charge is 0.450 e. The van der Waals surface area contributed by atoms with Crippen LogP contribution in [-0.4, -0.2) is 26.7 Å². The third-order valence-electron chi connectivity index (χ3n) is 1.87. The molecule has 0 radical (unpaired) electrons. The Labute approximate surface area is 90.5 Å². The molecular formula is C9H12F3N3O. The van der Waals surface area contributed by atoms with E-state index >= 15 is 0 Å². The Bertz CT molecular complexity index is 370. The maximum atomic E-state index is 12.0. The zero-order chi connectivity index (χ0) is 12.3. The van der Waals surface area contributed by atoms with E-state index in [1.54, 1.807) is 0 Å². The van der Waals surface area contributed by atoms with Crippen molar-refractivity contribution in [3.05, 3.63) is 12.2 Å². The average molecular weight is 235 g/mol. The van der Waals surface area contributed by atoms with Gasteiger partial charge < -0.3 is 0 Å². The molecule has 0 aliphatic carbocycles. The summed E-state index contributed by atoms with van der Waals surface area (Å²) in [5.74, 6) is -1.53. The maximum Gasteiger partial charge on any atom is 0.450 e. The van der Waals surface area contributed by atoms with Crippen LogP contribution in [0.25, 0.3) is 0 Å². The molecule has 0 aliphatic rings. The molecule has 0 unspecified atom stereocenters. The highest BCUT2D eigenvalue weighted by atomic mass is 19.4. The van der Waals surface area contributed by atoms with Crippen LogP contribution in [0.4, 0.5) is 13.2 Å². The molecule has 90 valence electrons. The predicted molar refractivity (Wildman–Crippen MR) is 49.6 cm³/mol. The second-order valence-corrected chi connectivity index (χ2v) is 3.85. The Balaban J connectivity index is 2.74. The molecule has 7 heteroatoms. The Morgan fingerprint density at radius 1 is 1.50 bits per heavy atom.